The highest BCUT2D eigenvalue weighted by Crippen LogP contribution is 2.33. The monoisotopic (exact) mass is 271 g/mol. The molecule has 2 atom stereocenters. The molecule has 0 amide bonds. The zero-order chi connectivity index (χ0) is 12.3. The highest BCUT2D eigenvalue weighted by molar-refractivity contribution is 6.35. The first-order chi connectivity index (χ1) is 8.22. The fourth-order valence-corrected chi connectivity index (χ4v) is 3.35. The van der Waals surface area contributed by atoms with Crippen LogP contribution in [-0.4, -0.2) is 12.6 Å². The van der Waals surface area contributed by atoms with Gasteiger partial charge in [-0.15, -0.1) is 0 Å². The largest absolute Gasteiger partial charge is 0.314 e. The Balaban J connectivity index is 2.09. The van der Waals surface area contributed by atoms with E-state index in [0.29, 0.717) is 12.0 Å². The predicted molar refractivity (Wildman–Crippen MR) is 75.0 cm³/mol. The van der Waals surface area contributed by atoms with Crippen LogP contribution in [0.2, 0.25) is 10.0 Å². The predicted octanol–water partition coefficient (Wildman–Crippen LogP) is 4.31. The second-order valence-corrected chi connectivity index (χ2v) is 5.57. The molecule has 1 N–H and O–H groups in total. The third-order valence-electron chi connectivity index (χ3n) is 3.65. The van der Waals surface area contributed by atoms with E-state index in [2.05, 4.69) is 12.2 Å². The van der Waals surface area contributed by atoms with Crippen molar-refractivity contribution in [3.05, 3.63) is 33.8 Å². The number of hydrogen-bond donors (Lipinski definition) is 1. The molecule has 94 valence electrons. The molecule has 1 saturated carbocycles. The van der Waals surface area contributed by atoms with E-state index in [9.17, 15) is 0 Å². The summed E-state index contributed by atoms with van der Waals surface area (Å²) < 4.78 is 0. The van der Waals surface area contributed by atoms with Crippen LogP contribution in [0.1, 0.15) is 31.7 Å². The summed E-state index contributed by atoms with van der Waals surface area (Å²) >= 11 is 12.5. The van der Waals surface area contributed by atoms with Gasteiger partial charge in [-0.2, -0.15) is 0 Å². The highest BCUT2D eigenvalue weighted by Gasteiger charge is 2.27. The van der Waals surface area contributed by atoms with Crippen LogP contribution in [0.25, 0.3) is 0 Å². The number of nitrogens with one attached hydrogen (secondary N) is 1. The molecular formula is C14H19Cl2N. The van der Waals surface area contributed by atoms with Gasteiger partial charge in [-0.1, -0.05) is 42.6 Å². The zero-order valence-corrected chi connectivity index (χ0v) is 11.7. The van der Waals surface area contributed by atoms with Crippen LogP contribution in [0.5, 0.6) is 0 Å². The lowest BCUT2D eigenvalue weighted by Gasteiger charge is -2.21. The number of rotatable bonds is 4. The van der Waals surface area contributed by atoms with Crippen molar-refractivity contribution in [3.63, 3.8) is 0 Å². The second-order valence-electron chi connectivity index (χ2n) is 4.76. The van der Waals surface area contributed by atoms with E-state index in [-0.39, 0.29) is 0 Å². The molecule has 2 unspecified atom stereocenters. The molecule has 0 aromatic heterocycles. The average Bonchev–Trinajstić information content (AvgIpc) is 2.72. The lowest BCUT2D eigenvalue weighted by Crippen LogP contribution is -2.33. The van der Waals surface area contributed by atoms with Gasteiger partial charge in [0.15, 0.2) is 0 Å². The van der Waals surface area contributed by atoms with Gasteiger partial charge in [-0.05, 0) is 49.4 Å². The Morgan fingerprint density at radius 2 is 1.94 bits per heavy atom. The van der Waals surface area contributed by atoms with E-state index in [1.165, 1.54) is 19.3 Å². The molecule has 1 aromatic rings. The van der Waals surface area contributed by atoms with Crippen molar-refractivity contribution >= 4 is 23.2 Å². The van der Waals surface area contributed by atoms with E-state index in [0.717, 1.165) is 28.6 Å². The molecule has 1 aliphatic rings. The Kier molecular flexibility index (Phi) is 4.72. The molecule has 0 saturated heterocycles. The van der Waals surface area contributed by atoms with Gasteiger partial charge in [0.2, 0.25) is 0 Å². The van der Waals surface area contributed by atoms with Crippen molar-refractivity contribution in [1.29, 1.82) is 0 Å². The van der Waals surface area contributed by atoms with Gasteiger partial charge >= 0.3 is 0 Å². The van der Waals surface area contributed by atoms with Crippen LogP contribution in [0, 0.1) is 5.92 Å². The molecule has 1 fully saturated rings. The van der Waals surface area contributed by atoms with Gasteiger partial charge in [0.1, 0.15) is 0 Å². The average molecular weight is 272 g/mol. The molecule has 0 spiro atoms. The summed E-state index contributed by atoms with van der Waals surface area (Å²) in [4.78, 5) is 0. The lowest BCUT2D eigenvalue weighted by molar-refractivity contribution is 0.406. The Labute approximate surface area is 114 Å². The Morgan fingerprint density at radius 1 is 1.24 bits per heavy atom. The molecule has 2 rings (SSSR count). The van der Waals surface area contributed by atoms with Crippen molar-refractivity contribution in [2.75, 3.05) is 6.54 Å². The van der Waals surface area contributed by atoms with Crippen LogP contribution in [-0.2, 0) is 6.42 Å². The number of halogens is 2. The number of hydrogen-bond acceptors (Lipinski definition) is 1. The van der Waals surface area contributed by atoms with Gasteiger partial charge < -0.3 is 5.32 Å². The fourth-order valence-electron chi connectivity index (χ4n) is 2.80. The van der Waals surface area contributed by atoms with Crippen LogP contribution in [0.15, 0.2) is 18.2 Å². The molecular weight excluding hydrogens is 253 g/mol. The quantitative estimate of drug-likeness (QED) is 0.861. The maximum absolute atomic E-state index is 6.23. The first kappa shape index (κ1) is 13.2. The summed E-state index contributed by atoms with van der Waals surface area (Å²) in [7, 11) is 0. The van der Waals surface area contributed by atoms with Crippen LogP contribution >= 0.6 is 23.2 Å². The Hall–Kier alpha value is -0.240. The molecule has 0 heterocycles. The summed E-state index contributed by atoms with van der Waals surface area (Å²) in [6.45, 7) is 3.20. The normalized spacial score (nSPS) is 24.2. The molecule has 0 aliphatic heterocycles. The standard InChI is InChI=1S/C14H19Cl2N/c1-2-17-14-8-3-5-10(14)9-11-12(15)6-4-7-13(11)16/h4,6-7,10,14,17H,2-3,5,8-9H2,1H3. The molecule has 1 nitrogen and oxygen atoms in total. The Bertz CT molecular complexity index is 358. The van der Waals surface area contributed by atoms with Gasteiger partial charge in [-0.3, -0.25) is 0 Å². The summed E-state index contributed by atoms with van der Waals surface area (Å²) in [5.41, 5.74) is 1.12. The van der Waals surface area contributed by atoms with Crippen LogP contribution in [0.4, 0.5) is 0 Å². The smallest absolute Gasteiger partial charge is 0.0452 e. The Morgan fingerprint density at radius 3 is 2.59 bits per heavy atom. The maximum Gasteiger partial charge on any atom is 0.0452 e. The minimum atomic E-state index is 0.632. The fraction of sp³-hybridized carbons (Fsp3) is 0.571. The summed E-state index contributed by atoms with van der Waals surface area (Å²) in [5.74, 6) is 0.673. The van der Waals surface area contributed by atoms with Crippen molar-refractivity contribution in [1.82, 2.24) is 5.32 Å². The first-order valence-electron chi connectivity index (χ1n) is 6.38. The molecule has 17 heavy (non-hydrogen) atoms. The maximum atomic E-state index is 6.23. The van der Waals surface area contributed by atoms with Gasteiger partial charge in [0.05, 0.1) is 0 Å². The topological polar surface area (TPSA) is 12.0 Å². The molecule has 0 radical (unpaired) electrons. The van der Waals surface area contributed by atoms with Gasteiger partial charge in [0, 0.05) is 16.1 Å². The van der Waals surface area contributed by atoms with E-state index in [1.54, 1.807) is 0 Å². The van der Waals surface area contributed by atoms with E-state index >= 15 is 0 Å². The van der Waals surface area contributed by atoms with Crippen molar-refractivity contribution < 1.29 is 0 Å². The highest BCUT2D eigenvalue weighted by atomic mass is 35.5. The minimum Gasteiger partial charge on any atom is -0.314 e. The third-order valence-corrected chi connectivity index (χ3v) is 4.36. The van der Waals surface area contributed by atoms with Crippen LogP contribution in [0.3, 0.4) is 0 Å². The summed E-state index contributed by atoms with van der Waals surface area (Å²) in [6.07, 6.45) is 4.86. The van der Waals surface area contributed by atoms with E-state index in [4.69, 9.17) is 23.2 Å². The molecule has 1 aliphatic carbocycles. The lowest BCUT2D eigenvalue weighted by atomic mass is 9.94. The first-order valence-corrected chi connectivity index (χ1v) is 7.14. The zero-order valence-electron chi connectivity index (χ0n) is 10.2. The SMILES string of the molecule is CCNC1CCCC1Cc1c(Cl)cccc1Cl. The molecule has 0 bridgehead atoms. The van der Waals surface area contributed by atoms with Crippen molar-refractivity contribution in [3.8, 4) is 0 Å². The molecule has 3 heteroatoms. The van der Waals surface area contributed by atoms with Crippen molar-refractivity contribution in [2.24, 2.45) is 5.92 Å². The summed E-state index contributed by atoms with van der Waals surface area (Å²) in [6, 6.07) is 6.40. The van der Waals surface area contributed by atoms with Crippen LogP contribution < -0.4 is 5.32 Å². The second kappa shape index (κ2) is 6.08. The van der Waals surface area contributed by atoms with E-state index in [1.807, 2.05) is 18.2 Å². The van der Waals surface area contributed by atoms with Crippen molar-refractivity contribution in [2.45, 2.75) is 38.6 Å². The van der Waals surface area contributed by atoms with E-state index < -0.39 is 0 Å². The summed E-state index contributed by atoms with van der Waals surface area (Å²) in [5, 5.41) is 5.18. The minimum absolute atomic E-state index is 0.632. The number of benzene rings is 1. The molecule has 1 aromatic carbocycles. The third kappa shape index (κ3) is 3.15. The van der Waals surface area contributed by atoms with Gasteiger partial charge in [-0.25, -0.2) is 0 Å². The van der Waals surface area contributed by atoms with Gasteiger partial charge in [0.25, 0.3) is 0 Å².